The highest BCUT2D eigenvalue weighted by Crippen LogP contribution is 2.32. The number of imidazole rings is 1. The average Bonchev–Trinajstić information content (AvgIpc) is 3.16. The summed E-state index contributed by atoms with van der Waals surface area (Å²) in [6.07, 6.45) is 4.52. The van der Waals surface area contributed by atoms with Crippen LogP contribution in [0.4, 0.5) is 4.39 Å². The molecule has 1 aromatic heterocycles. The van der Waals surface area contributed by atoms with Crippen LogP contribution in [0.1, 0.15) is 29.4 Å². The van der Waals surface area contributed by atoms with Gasteiger partial charge >= 0.3 is 0 Å². The first-order chi connectivity index (χ1) is 10.7. The Kier molecular flexibility index (Phi) is 4.18. The van der Waals surface area contributed by atoms with Crippen molar-refractivity contribution in [3.63, 3.8) is 0 Å². The Morgan fingerprint density at radius 2 is 2.41 bits per heavy atom. The van der Waals surface area contributed by atoms with Crippen molar-refractivity contribution >= 4 is 0 Å². The number of hydrogen-bond acceptors (Lipinski definition) is 4. The lowest BCUT2D eigenvalue weighted by Gasteiger charge is -2.22. The lowest BCUT2D eigenvalue weighted by Crippen LogP contribution is -2.25. The maximum atomic E-state index is 13.8. The molecule has 0 radical (unpaired) electrons. The van der Waals surface area contributed by atoms with Crippen LogP contribution in [0.2, 0.25) is 0 Å². The second kappa shape index (κ2) is 6.26. The fourth-order valence-electron chi connectivity index (χ4n) is 2.93. The van der Waals surface area contributed by atoms with E-state index in [0.29, 0.717) is 6.54 Å². The Morgan fingerprint density at radius 3 is 3.05 bits per heavy atom. The minimum Gasteiger partial charge on any atom is -0.380 e. The zero-order valence-corrected chi connectivity index (χ0v) is 12.3. The van der Waals surface area contributed by atoms with Gasteiger partial charge in [-0.3, -0.25) is 4.90 Å². The molecule has 1 fully saturated rings. The number of nitriles is 1. The summed E-state index contributed by atoms with van der Waals surface area (Å²) in [4.78, 5) is 9.69. The predicted molar refractivity (Wildman–Crippen MR) is 78.3 cm³/mol. The normalized spacial score (nSPS) is 21.9. The number of ether oxygens (including phenoxy) is 1. The quantitative estimate of drug-likeness (QED) is 0.941. The maximum Gasteiger partial charge on any atom is 0.141 e. The van der Waals surface area contributed by atoms with Gasteiger partial charge in [-0.1, -0.05) is 6.07 Å². The van der Waals surface area contributed by atoms with E-state index < -0.39 is 5.82 Å². The Hall–Kier alpha value is -2.23. The number of aromatic amines is 1. The fourth-order valence-corrected chi connectivity index (χ4v) is 2.93. The monoisotopic (exact) mass is 300 g/mol. The Bertz CT molecular complexity index is 680. The van der Waals surface area contributed by atoms with Gasteiger partial charge in [0.25, 0.3) is 0 Å². The van der Waals surface area contributed by atoms with E-state index in [0.717, 1.165) is 24.4 Å². The summed E-state index contributed by atoms with van der Waals surface area (Å²) in [5.41, 5.74) is 0.910. The molecule has 1 aliphatic heterocycles. The number of rotatable bonds is 4. The van der Waals surface area contributed by atoms with Gasteiger partial charge < -0.3 is 9.72 Å². The van der Waals surface area contributed by atoms with Gasteiger partial charge in [-0.2, -0.15) is 5.26 Å². The molecule has 0 spiro atoms. The van der Waals surface area contributed by atoms with Crippen LogP contribution in [-0.4, -0.2) is 34.6 Å². The van der Waals surface area contributed by atoms with Crippen LogP contribution < -0.4 is 0 Å². The summed E-state index contributed by atoms with van der Waals surface area (Å²) < 4.78 is 19.2. The van der Waals surface area contributed by atoms with Crippen molar-refractivity contribution in [2.45, 2.75) is 25.1 Å². The van der Waals surface area contributed by atoms with Crippen LogP contribution in [0, 0.1) is 17.1 Å². The van der Waals surface area contributed by atoms with E-state index in [9.17, 15) is 4.39 Å². The first kappa shape index (κ1) is 14.7. The molecule has 2 heterocycles. The number of aromatic nitrogens is 2. The van der Waals surface area contributed by atoms with E-state index in [1.54, 1.807) is 25.6 Å². The first-order valence-electron chi connectivity index (χ1n) is 7.16. The molecule has 5 nitrogen and oxygen atoms in total. The molecule has 2 aromatic rings. The lowest BCUT2D eigenvalue weighted by molar-refractivity contribution is 0.107. The largest absolute Gasteiger partial charge is 0.380 e. The molecule has 6 heteroatoms. The summed E-state index contributed by atoms with van der Waals surface area (Å²) >= 11 is 0. The molecule has 22 heavy (non-hydrogen) atoms. The maximum absolute atomic E-state index is 13.8. The van der Waals surface area contributed by atoms with Crippen LogP contribution in [0.5, 0.6) is 0 Å². The van der Waals surface area contributed by atoms with Crippen molar-refractivity contribution in [1.29, 1.82) is 5.26 Å². The minimum absolute atomic E-state index is 0.0718. The molecule has 0 bridgehead atoms. The number of nitrogens with one attached hydrogen (secondary N) is 1. The Balaban J connectivity index is 1.80. The molecule has 0 amide bonds. The number of halogens is 1. The van der Waals surface area contributed by atoms with Crippen molar-refractivity contribution in [2.24, 2.45) is 0 Å². The molecule has 1 aromatic carbocycles. The van der Waals surface area contributed by atoms with E-state index >= 15 is 0 Å². The van der Waals surface area contributed by atoms with Gasteiger partial charge in [0.05, 0.1) is 17.7 Å². The molecule has 3 rings (SSSR count). The molecule has 0 saturated carbocycles. The number of methoxy groups -OCH3 is 1. The molecule has 0 aliphatic carbocycles. The summed E-state index contributed by atoms with van der Waals surface area (Å²) in [7, 11) is 1.70. The van der Waals surface area contributed by atoms with Crippen molar-refractivity contribution in [3.05, 3.63) is 53.4 Å². The van der Waals surface area contributed by atoms with Crippen LogP contribution in [0.3, 0.4) is 0 Å². The van der Waals surface area contributed by atoms with E-state index in [2.05, 4.69) is 14.9 Å². The number of likely N-dealkylation sites (tertiary alicyclic amines) is 1. The molecule has 1 N–H and O–H groups in total. The fraction of sp³-hybridized carbons (Fsp3) is 0.375. The van der Waals surface area contributed by atoms with Gasteiger partial charge in [0.2, 0.25) is 0 Å². The molecule has 1 aliphatic rings. The molecular weight excluding hydrogens is 283 g/mol. The van der Waals surface area contributed by atoms with Crippen LogP contribution in [0.15, 0.2) is 30.6 Å². The first-order valence-corrected chi connectivity index (χ1v) is 7.16. The summed E-state index contributed by atoms with van der Waals surface area (Å²) in [5.74, 6) is 0.422. The van der Waals surface area contributed by atoms with Crippen LogP contribution in [-0.2, 0) is 11.3 Å². The lowest BCUT2D eigenvalue weighted by atomic mass is 10.1. The van der Waals surface area contributed by atoms with Gasteiger partial charge in [0, 0.05) is 32.6 Å². The van der Waals surface area contributed by atoms with Gasteiger partial charge in [0.15, 0.2) is 0 Å². The predicted octanol–water partition coefficient (Wildman–Crippen LogP) is 2.38. The highest BCUT2D eigenvalue weighted by molar-refractivity contribution is 5.33. The molecule has 1 saturated heterocycles. The Morgan fingerprint density at radius 1 is 1.55 bits per heavy atom. The third-order valence-corrected chi connectivity index (χ3v) is 4.07. The van der Waals surface area contributed by atoms with Gasteiger partial charge in [0.1, 0.15) is 17.7 Å². The van der Waals surface area contributed by atoms with Crippen molar-refractivity contribution < 1.29 is 9.13 Å². The third kappa shape index (κ3) is 2.86. The molecular formula is C16H17FN4O. The van der Waals surface area contributed by atoms with Crippen LogP contribution in [0.25, 0.3) is 0 Å². The van der Waals surface area contributed by atoms with E-state index in [1.807, 2.05) is 6.07 Å². The van der Waals surface area contributed by atoms with E-state index in [1.165, 1.54) is 12.1 Å². The molecule has 1 unspecified atom stereocenters. The van der Waals surface area contributed by atoms with Gasteiger partial charge in [-0.25, -0.2) is 9.37 Å². The van der Waals surface area contributed by atoms with Crippen molar-refractivity contribution in [3.8, 4) is 6.07 Å². The smallest absolute Gasteiger partial charge is 0.141 e. The Labute approximate surface area is 128 Å². The minimum atomic E-state index is -0.475. The van der Waals surface area contributed by atoms with E-state index in [-0.39, 0.29) is 17.7 Å². The molecule has 2 atom stereocenters. The highest BCUT2D eigenvalue weighted by Gasteiger charge is 2.34. The zero-order chi connectivity index (χ0) is 15.5. The third-order valence-electron chi connectivity index (χ3n) is 4.07. The van der Waals surface area contributed by atoms with Crippen molar-refractivity contribution in [2.75, 3.05) is 13.7 Å². The SMILES string of the molecule is CO[C@@H]1CC(c2ncc[nH]2)N(Cc2ccc(C#N)c(F)c2)C1. The average molecular weight is 300 g/mol. The standard InChI is InChI=1S/C16H17FN4O/c1-22-13-7-15(16-19-4-5-20-16)21(10-13)9-11-2-3-12(8-18)14(17)6-11/h2-6,13,15H,7,9-10H2,1H3,(H,19,20)/t13-,15?/m1/s1. The van der Waals surface area contributed by atoms with Gasteiger partial charge in [-0.05, 0) is 24.1 Å². The van der Waals surface area contributed by atoms with E-state index in [4.69, 9.17) is 10.00 Å². The zero-order valence-electron chi connectivity index (χ0n) is 12.3. The number of nitrogens with zero attached hydrogens (tertiary/aromatic N) is 3. The summed E-state index contributed by atoms with van der Waals surface area (Å²) in [6, 6.07) is 6.71. The highest BCUT2D eigenvalue weighted by atomic mass is 19.1. The summed E-state index contributed by atoms with van der Waals surface area (Å²) in [6.45, 7) is 1.36. The van der Waals surface area contributed by atoms with Crippen molar-refractivity contribution in [1.82, 2.24) is 14.9 Å². The number of H-pyrrole nitrogens is 1. The second-order valence-corrected chi connectivity index (χ2v) is 5.44. The number of benzene rings is 1. The summed E-state index contributed by atoms with van der Waals surface area (Å²) in [5, 5.41) is 8.80. The second-order valence-electron chi connectivity index (χ2n) is 5.44. The number of hydrogen-bond donors (Lipinski definition) is 1. The van der Waals surface area contributed by atoms with Crippen LogP contribution >= 0.6 is 0 Å². The topological polar surface area (TPSA) is 64.9 Å². The van der Waals surface area contributed by atoms with Gasteiger partial charge in [-0.15, -0.1) is 0 Å². The molecule has 114 valence electrons.